The third kappa shape index (κ3) is 4.45. The molecule has 8 heteroatoms. The number of carbonyl (C=O) groups excluding carboxylic acids is 1. The molecule has 0 atom stereocenters. The van der Waals surface area contributed by atoms with Crippen LogP contribution < -0.4 is 15.9 Å². The smallest absolute Gasteiger partial charge is 0.234 e. The SMILES string of the molecule is COc1ccccc1-c1nnc(SCC(=O)Nc2ccc(C(C)C)cc2)n1N. The number of amides is 1. The molecule has 0 saturated carbocycles. The fraction of sp³-hybridized carbons (Fsp3) is 0.250. The van der Waals surface area contributed by atoms with E-state index in [1.165, 1.54) is 22.0 Å². The fourth-order valence-corrected chi connectivity index (χ4v) is 3.32. The Labute approximate surface area is 168 Å². The normalized spacial score (nSPS) is 10.9. The van der Waals surface area contributed by atoms with Crippen LogP contribution in [0.1, 0.15) is 25.3 Å². The van der Waals surface area contributed by atoms with Gasteiger partial charge >= 0.3 is 0 Å². The molecule has 0 unspecified atom stereocenters. The molecule has 1 aromatic heterocycles. The van der Waals surface area contributed by atoms with Crippen molar-refractivity contribution in [3.05, 3.63) is 54.1 Å². The number of aromatic nitrogens is 3. The maximum absolute atomic E-state index is 12.2. The van der Waals surface area contributed by atoms with Crippen LogP contribution in [0.4, 0.5) is 5.69 Å². The molecule has 0 spiro atoms. The first-order valence-corrected chi connectivity index (χ1v) is 9.84. The first kappa shape index (κ1) is 19.8. The average Bonchev–Trinajstić information content (AvgIpc) is 3.07. The summed E-state index contributed by atoms with van der Waals surface area (Å²) in [5.41, 5.74) is 2.73. The highest BCUT2D eigenvalue weighted by atomic mass is 32.2. The van der Waals surface area contributed by atoms with E-state index in [4.69, 9.17) is 10.6 Å². The molecule has 0 aliphatic rings. The third-order valence-electron chi connectivity index (χ3n) is 4.21. The van der Waals surface area contributed by atoms with Crippen LogP contribution >= 0.6 is 11.8 Å². The summed E-state index contributed by atoms with van der Waals surface area (Å²) in [5.74, 6) is 7.75. The Morgan fingerprint density at radius 2 is 1.89 bits per heavy atom. The second-order valence-corrected chi connectivity index (χ2v) is 7.43. The molecule has 0 fully saturated rings. The van der Waals surface area contributed by atoms with Crippen molar-refractivity contribution in [1.29, 1.82) is 0 Å². The number of thioether (sulfide) groups is 1. The van der Waals surface area contributed by atoms with Crippen LogP contribution in [0.5, 0.6) is 5.75 Å². The van der Waals surface area contributed by atoms with Gasteiger partial charge in [0.25, 0.3) is 0 Å². The quantitative estimate of drug-likeness (QED) is 0.468. The van der Waals surface area contributed by atoms with Crippen LogP contribution in [0, 0.1) is 0 Å². The van der Waals surface area contributed by atoms with Crippen molar-refractivity contribution < 1.29 is 9.53 Å². The van der Waals surface area contributed by atoms with Crippen LogP contribution in [0.15, 0.2) is 53.7 Å². The summed E-state index contributed by atoms with van der Waals surface area (Å²) in [5, 5.41) is 11.6. The van der Waals surface area contributed by atoms with Gasteiger partial charge < -0.3 is 15.9 Å². The number of nitrogens with one attached hydrogen (secondary N) is 1. The van der Waals surface area contributed by atoms with E-state index in [2.05, 4.69) is 29.4 Å². The summed E-state index contributed by atoms with van der Waals surface area (Å²) in [7, 11) is 1.59. The highest BCUT2D eigenvalue weighted by Crippen LogP contribution is 2.29. The number of carbonyl (C=O) groups is 1. The molecule has 1 heterocycles. The number of methoxy groups -OCH3 is 1. The van der Waals surface area contributed by atoms with Crippen molar-refractivity contribution in [2.24, 2.45) is 0 Å². The molecule has 0 radical (unpaired) electrons. The van der Waals surface area contributed by atoms with Gasteiger partial charge in [-0.15, -0.1) is 10.2 Å². The number of nitrogens with two attached hydrogens (primary N) is 1. The molecule has 146 valence electrons. The van der Waals surface area contributed by atoms with E-state index < -0.39 is 0 Å². The van der Waals surface area contributed by atoms with Gasteiger partial charge in [-0.1, -0.05) is 49.9 Å². The zero-order valence-corrected chi connectivity index (χ0v) is 16.9. The molecule has 3 N–H and O–H groups in total. The van der Waals surface area contributed by atoms with Gasteiger partial charge in [0.05, 0.1) is 18.4 Å². The van der Waals surface area contributed by atoms with Gasteiger partial charge in [0, 0.05) is 5.69 Å². The molecule has 0 aliphatic carbocycles. The highest BCUT2D eigenvalue weighted by molar-refractivity contribution is 7.99. The van der Waals surface area contributed by atoms with E-state index in [1.54, 1.807) is 7.11 Å². The summed E-state index contributed by atoms with van der Waals surface area (Å²) in [6.07, 6.45) is 0. The number of rotatable bonds is 7. The second-order valence-electron chi connectivity index (χ2n) is 6.49. The summed E-state index contributed by atoms with van der Waals surface area (Å²) < 4.78 is 6.71. The second kappa shape index (κ2) is 8.79. The van der Waals surface area contributed by atoms with Crippen molar-refractivity contribution in [2.45, 2.75) is 24.9 Å². The molecule has 28 heavy (non-hydrogen) atoms. The molecule has 0 bridgehead atoms. The first-order chi connectivity index (χ1) is 13.5. The Morgan fingerprint density at radius 1 is 1.18 bits per heavy atom. The van der Waals surface area contributed by atoms with Crippen molar-refractivity contribution in [1.82, 2.24) is 14.9 Å². The van der Waals surface area contributed by atoms with E-state index in [0.717, 1.165) is 11.3 Å². The Balaban J connectivity index is 1.63. The summed E-state index contributed by atoms with van der Waals surface area (Å²) in [6.45, 7) is 4.26. The van der Waals surface area contributed by atoms with Gasteiger partial charge in [-0.3, -0.25) is 4.79 Å². The van der Waals surface area contributed by atoms with Gasteiger partial charge in [0.15, 0.2) is 5.82 Å². The maximum atomic E-state index is 12.2. The van der Waals surface area contributed by atoms with E-state index in [-0.39, 0.29) is 11.7 Å². The maximum Gasteiger partial charge on any atom is 0.234 e. The lowest BCUT2D eigenvalue weighted by atomic mass is 10.0. The lowest BCUT2D eigenvalue weighted by Gasteiger charge is -2.09. The Morgan fingerprint density at radius 3 is 2.57 bits per heavy atom. The molecular formula is C20H23N5O2S. The average molecular weight is 398 g/mol. The van der Waals surface area contributed by atoms with Crippen LogP contribution in [-0.2, 0) is 4.79 Å². The van der Waals surface area contributed by atoms with Crippen LogP contribution in [0.3, 0.4) is 0 Å². The fourth-order valence-electron chi connectivity index (χ4n) is 2.67. The zero-order valence-electron chi connectivity index (χ0n) is 16.0. The van der Waals surface area contributed by atoms with Crippen LogP contribution in [-0.4, -0.2) is 33.6 Å². The summed E-state index contributed by atoms with van der Waals surface area (Å²) in [4.78, 5) is 12.2. The van der Waals surface area contributed by atoms with E-state index >= 15 is 0 Å². The monoisotopic (exact) mass is 397 g/mol. The predicted molar refractivity (Wildman–Crippen MR) is 112 cm³/mol. The van der Waals surface area contributed by atoms with Crippen molar-refractivity contribution in [3.8, 4) is 17.1 Å². The minimum atomic E-state index is -0.135. The van der Waals surface area contributed by atoms with Crippen LogP contribution in [0.25, 0.3) is 11.4 Å². The molecule has 3 rings (SSSR count). The number of nitrogens with zero attached hydrogens (tertiary/aromatic N) is 3. The predicted octanol–water partition coefficient (Wildman–Crippen LogP) is 3.52. The molecule has 1 amide bonds. The zero-order chi connectivity index (χ0) is 20.1. The van der Waals surface area contributed by atoms with E-state index in [9.17, 15) is 4.79 Å². The van der Waals surface area contributed by atoms with E-state index in [1.807, 2.05) is 48.5 Å². The van der Waals surface area contributed by atoms with Crippen molar-refractivity contribution in [2.75, 3.05) is 24.0 Å². The van der Waals surface area contributed by atoms with Gasteiger partial charge in [-0.2, -0.15) is 0 Å². The van der Waals surface area contributed by atoms with Crippen molar-refractivity contribution >= 4 is 23.4 Å². The standard InChI is InChI=1S/C20H23N5O2S/c1-13(2)14-8-10-15(11-9-14)22-18(26)12-28-20-24-23-19(25(20)21)16-6-4-5-7-17(16)27-3/h4-11,13H,12,21H2,1-3H3,(H,22,26). The molecule has 3 aromatic rings. The largest absolute Gasteiger partial charge is 0.496 e. The molecule has 0 aliphatic heterocycles. The lowest BCUT2D eigenvalue weighted by Crippen LogP contribution is -2.16. The molecule has 2 aromatic carbocycles. The summed E-state index contributed by atoms with van der Waals surface area (Å²) in [6, 6.07) is 15.3. The van der Waals surface area contributed by atoms with Crippen LogP contribution in [0.2, 0.25) is 0 Å². The third-order valence-corrected chi connectivity index (χ3v) is 5.15. The molecule has 0 saturated heterocycles. The minimum Gasteiger partial charge on any atom is -0.496 e. The highest BCUT2D eigenvalue weighted by Gasteiger charge is 2.16. The Bertz CT molecular complexity index is 953. The number of anilines is 1. The topological polar surface area (TPSA) is 95.1 Å². The van der Waals surface area contributed by atoms with Gasteiger partial charge in [-0.25, -0.2) is 4.68 Å². The number of hydrogen-bond donors (Lipinski definition) is 2. The van der Waals surface area contributed by atoms with Gasteiger partial charge in [-0.05, 0) is 35.7 Å². The summed E-state index contributed by atoms with van der Waals surface area (Å²) >= 11 is 1.22. The lowest BCUT2D eigenvalue weighted by molar-refractivity contribution is -0.113. The van der Waals surface area contributed by atoms with E-state index in [0.29, 0.717) is 22.6 Å². The van der Waals surface area contributed by atoms with Gasteiger partial charge in [0.2, 0.25) is 11.1 Å². The number of para-hydroxylation sites is 1. The molecule has 7 nitrogen and oxygen atoms in total. The minimum absolute atomic E-state index is 0.135. The van der Waals surface area contributed by atoms with Gasteiger partial charge in [0.1, 0.15) is 5.75 Å². The molecular weight excluding hydrogens is 374 g/mol. The number of benzene rings is 2. The first-order valence-electron chi connectivity index (χ1n) is 8.86. The van der Waals surface area contributed by atoms with Crippen molar-refractivity contribution in [3.63, 3.8) is 0 Å². The number of nitrogen functional groups attached to an aromatic ring is 1. The number of ether oxygens (including phenoxy) is 1. The Hall–Kier alpha value is -3.00. The Kier molecular flexibility index (Phi) is 6.20. The number of hydrogen-bond acceptors (Lipinski definition) is 6.